The predicted molar refractivity (Wildman–Crippen MR) is 77.9 cm³/mol. The fourth-order valence-electron chi connectivity index (χ4n) is 2.16. The number of halogens is 1. The molecule has 0 atom stereocenters. The zero-order valence-corrected chi connectivity index (χ0v) is 12.2. The zero-order valence-electron chi connectivity index (χ0n) is 10.6. The Hall–Kier alpha value is -1.44. The van der Waals surface area contributed by atoms with E-state index in [9.17, 15) is 8.42 Å². The standard InChI is InChI=1S/C12H13ClN4O2S/c13-11-12(15-10-6-2-1-5-9(10)14-11)16-20(18,19)17-7-3-4-8-17/h1-2,5-6H,3-4,7-8H2,(H,15,16). The van der Waals surface area contributed by atoms with Gasteiger partial charge in [-0.15, -0.1) is 0 Å². The third kappa shape index (κ3) is 2.56. The molecule has 1 aliphatic rings. The molecule has 1 aromatic carbocycles. The van der Waals surface area contributed by atoms with Crippen LogP contribution in [0.25, 0.3) is 11.0 Å². The van der Waals surface area contributed by atoms with Gasteiger partial charge in [-0.05, 0) is 25.0 Å². The van der Waals surface area contributed by atoms with Gasteiger partial charge in [0.1, 0.15) is 0 Å². The van der Waals surface area contributed by atoms with E-state index >= 15 is 0 Å². The molecule has 106 valence electrons. The van der Waals surface area contributed by atoms with E-state index in [1.165, 1.54) is 4.31 Å². The summed E-state index contributed by atoms with van der Waals surface area (Å²) >= 11 is 6.00. The zero-order chi connectivity index (χ0) is 14.2. The number of nitrogens with zero attached hydrogens (tertiary/aromatic N) is 3. The molecule has 2 aromatic rings. The molecule has 8 heteroatoms. The highest BCUT2D eigenvalue weighted by Gasteiger charge is 2.26. The average Bonchev–Trinajstić information content (AvgIpc) is 2.94. The maximum absolute atomic E-state index is 12.2. The van der Waals surface area contributed by atoms with Crippen molar-refractivity contribution in [3.05, 3.63) is 29.4 Å². The summed E-state index contributed by atoms with van der Waals surface area (Å²) in [6, 6.07) is 7.16. The first-order valence-electron chi connectivity index (χ1n) is 6.26. The third-order valence-electron chi connectivity index (χ3n) is 3.16. The van der Waals surface area contributed by atoms with Gasteiger partial charge in [-0.2, -0.15) is 12.7 Å². The molecule has 0 spiro atoms. The Kier molecular flexibility index (Phi) is 3.49. The lowest BCUT2D eigenvalue weighted by Gasteiger charge is -2.16. The summed E-state index contributed by atoms with van der Waals surface area (Å²) in [5.74, 6) is 0.0669. The number of hydrogen-bond donors (Lipinski definition) is 1. The van der Waals surface area contributed by atoms with Crippen molar-refractivity contribution in [1.29, 1.82) is 0 Å². The van der Waals surface area contributed by atoms with Crippen molar-refractivity contribution in [2.24, 2.45) is 0 Å². The van der Waals surface area contributed by atoms with E-state index in [0.29, 0.717) is 24.1 Å². The topological polar surface area (TPSA) is 75.2 Å². The molecule has 0 aliphatic carbocycles. The molecule has 3 rings (SSSR count). The van der Waals surface area contributed by atoms with Gasteiger partial charge in [0.2, 0.25) is 0 Å². The van der Waals surface area contributed by atoms with E-state index < -0.39 is 10.2 Å². The lowest BCUT2D eigenvalue weighted by molar-refractivity contribution is 0.482. The van der Waals surface area contributed by atoms with Crippen molar-refractivity contribution in [2.45, 2.75) is 12.8 Å². The van der Waals surface area contributed by atoms with Crippen LogP contribution in [0.1, 0.15) is 12.8 Å². The summed E-state index contributed by atoms with van der Waals surface area (Å²) in [5.41, 5.74) is 1.22. The number of aromatic nitrogens is 2. The lowest BCUT2D eigenvalue weighted by atomic mass is 10.3. The summed E-state index contributed by atoms with van der Waals surface area (Å²) in [6.07, 6.45) is 1.75. The first-order chi connectivity index (χ1) is 9.56. The minimum absolute atomic E-state index is 0.0477. The van der Waals surface area contributed by atoms with Crippen LogP contribution in [-0.4, -0.2) is 35.8 Å². The number of rotatable bonds is 3. The molecule has 0 saturated carbocycles. The van der Waals surface area contributed by atoms with Crippen LogP contribution in [0.5, 0.6) is 0 Å². The molecular formula is C12H13ClN4O2S. The largest absolute Gasteiger partial charge is 0.302 e. The van der Waals surface area contributed by atoms with Gasteiger partial charge in [0, 0.05) is 13.1 Å². The maximum Gasteiger partial charge on any atom is 0.302 e. The van der Waals surface area contributed by atoms with Crippen molar-refractivity contribution >= 4 is 38.7 Å². The van der Waals surface area contributed by atoms with Gasteiger partial charge in [0.05, 0.1) is 11.0 Å². The van der Waals surface area contributed by atoms with Crippen molar-refractivity contribution in [3.63, 3.8) is 0 Å². The molecule has 1 aromatic heterocycles. The first-order valence-corrected chi connectivity index (χ1v) is 8.08. The summed E-state index contributed by atoms with van der Waals surface area (Å²) in [5, 5.41) is 0.0477. The highest BCUT2D eigenvalue weighted by Crippen LogP contribution is 2.23. The van der Waals surface area contributed by atoms with Crippen LogP contribution in [0.3, 0.4) is 0 Å². The number of nitrogens with one attached hydrogen (secondary N) is 1. The second kappa shape index (κ2) is 5.16. The Morgan fingerprint density at radius 1 is 1.10 bits per heavy atom. The molecular weight excluding hydrogens is 300 g/mol. The SMILES string of the molecule is O=S(=O)(Nc1nc2ccccc2nc1Cl)N1CCCC1. The number of anilines is 1. The second-order valence-corrected chi connectivity index (χ2v) is 6.59. The molecule has 1 saturated heterocycles. The third-order valence-corrected chi connectivity index (χ3v) is 4.92. The number of benzene rings is 1. The first kappa shape index (κ1) is 13.5. The van der Waals surface area contributed by atoms with Crippen LogP contribution >= 0.6 is 11.6 Å². The summed E-state index contributed by atoms with van der Waals surface area (Å²) < 4.78 is 28.2. The van der Waals surface area contributed by atoms with E-state index in [-0.39, 0.29) is 11.0 Å². The van der Waals surface area contributed by atoms with E-state index in [2.05, 4.69) is 14.7 Å². The van der Waals surface area contributed by atoms with Crippen molar-refractivity contribution in [2.75, 3.05) is 17.8 Å². The van der Waals surface area contributed by atoms with Gasteiger partial charge in [0.15, 0.2) is 11.0 Å². The van der Waals surface area contributed by atoms with Crippen molar-refractivity contribution < 1.29 is 8.42 Å². The second-order valence-electron chi connectivity index (χ2n) is 4.56. The van der Waals surface area contributed by atoms with Crippen LogP contribution < -0.4 is 4.72 Å². The van der Waals surface area contributed by atoms with Gasteiger partial charge in [-0.3, -0.25) is 4.72 Å². The Morgan fingerprint density at radius 2 is 1.70 bits per heavy atom. The minimum Gasteiger partial charge on any atom is -0.252 e. The van der Waals surface area contributed by atoms with E-state index in [0.717, 1.165) is 12.8 Å². The highest BCUT2D eigenvalue weighted by molar-refractivity contribution is 7.90. The van der Waals surface area contributed by atoms with E-state index in [4.69, 9.17) is 11.6 Å². The summed E-state index contributed by atoms with van der Waals surface area (Å²) in [6.45, 7) is 1.04. The minimum atomic E-state index is -3.61. The fourth-order valence-corrected chi connectivity index (χ4v) is 3.65. The van der Waals surface area contributed by atoms with Gasteiger partial charge in [-0.1, -0.05) is 23.7 Å². The van der Waals surface area contributed by atoms with Crippen LogP contribution in [0.4, 0.5) is 5.82 Å². The Balaban J connectivity index is 1.96. The average molecular weight is 313 g/mol. The Bertz CT molecular complexity index is 744. The molecule has 1 aliphatic heterocycles. The molecule has 20 heavy (non-hydrogen) atoms. The number of hydrogen-bond acceptors (Lipinski definition) is 4. The predicted octanol–water partition coefficient (Wildman–Crippen LogP) is 2.04. The summed E-state index contributed by atoms with van der Waals surface area (Å²) in [7, 11) is -3.61. The maximum atomic E-state index is 12.2. The summed E-state index contributed by atoms with van der Waals surface area (Å²) in [4.78, 5) is 8.36. The molecule has 1 N–H and O–H groups in total. The molecule has 0 radical (unpaired) electrons. The van der Waals surface area contributed by atoms with Gasteiger partial charge in [0.25, 0.3) is 0 Å². The molecule has 6 nitrogen and oxygen atoms in total. The fraction of sp³-hybridized carbons (Fsp3) is 0.333. The van der Waals surface area contributed by atoms with Crippen molar-refractivity contribution in [1.82, 2.24) is 14.3 Å². The lowest BCUT2D eigenvalue weighted by Crippen LogP contribution is -2.33. The van der Waals surface area contributed by atoms with Crippen LogP contribution in [0, 0.1) is 0 Å². The van der Waals surface area contributed by atoms with E-state index in [1.54, 1.807) is 12.1 Å². The monoisotopic (exact) mass is 312 g/mol. The molecule has 0 unspecified atom stereocenters. The van der Waals surface area contributed by atoms with E-state index in [1.807, 2.05) is 12.1 Å². The van der Waals surface area contributed by atoms with Crippen LogP contribution in [0.15, 0.2) is 24.3 Å². The van der Waals surface area contributed by atoms with Crippen LogP contribution in [-0.2, 0) is 10.2 Å². The number of para-hydroxylation sites is 2. The Morgan fingerprint density at radius 3 is 2.35 bits per heavy atom. The normalized spacial score (nSPS) is 16.6. The Labute approximate surface area is 122 Å². The molecule has 0 amide bonds. The molecule has 0 bridgehead atoms. The highest BCUT2D eigenvalue weighted by atomic mass is 35.5. The smallest absolute Gasteiger partial charge is 0.252 e. The quantitative estimate of drug-likeness (QED) is 0.941. The van der Waals surface area contributed by atoms with Gasteiger partial charge in [-0.25, -0.2) is 9.97 Å². The van der Waals surface area contributed by atoms with Gasteiger partial charge < -0.3 is 0 Å². The van der Waals surface area contributed by atoms with Crippen molar-refractivity contribution in [3.8, 4) is 0 Å². The van der Waals surface area contributed by atoms with Crippen LogP contribution in [0.2, 0.25) is 5.15 Å². The molecule has 1 fully saturated rings. The van der Waals surface area contributed by atoms with Gasteiger partial charge >= 0.3 is 10.2 Å². The number of fused-ring (bicyclic) bond motifs is 1. The molecule has 2 heterocycles.